The minimum absolute atomic E-state index is 0.102. The fourth-order valence-electron chi connectivity index (χ4n) is 1.96. The van der Waals surface area contributed by atoms with Crippen LogP contribution in [0.2, 0.25) is 0 Å². The lowest BCUT2D eigenvalue weighted by Gasteiger charge is -2.08. The maximum Gasteiger partial charge on any atom is 0.295 e. The van der Waals surface area contributed by atoms with Gasteiger partial charge in [0.1, 0.15) is 4.90 Å². The van der Waals surface area contributed by atoms with Crippen LogP contribution in [0.5, 0.6) is 0 Å². The van der Waals surface area contributed by atoms with E-state index in [2.05, 4.69) is 0 Å². The first-order valence-corrected chi connectivity index (χ1v) is 8.65. The Hall–Kier alpha value is -1.44. The Morgan fingerprint density at radius 2 is 1.63 bits per heavy atom. The Labute approximate surface area is 111 Å². The molecule has 0 amide bonds. The van der Waals surface area contributed by atoms with E-state index in [1.54, 1.807) is 13.0 Å². The molecule has 19 heavy (non-hydrogen) atoms. The first-order chi connectivity index (χ1) is 8.60. The van der Waals surface area contributed by atoms with Crippen molar-refractivity contribution >= 4 is 30.7 Å². The normalized spacial score (nSPS) is 12.8. The summed E-state index contributed by atoms with van der Waals surface area (Å²) in [5, 5.41) is 0.746. The van der Waals surface area contributed by atoms with Crippen molar-refractivity contribution in [2.75, 3.05) is 6.26 Å². The van der Waals surface area contributed by atoms with Crippen LogP contribution in [0.3, 0.4) is 0 Å². The summed E-state index contributed by atoms with van der Waals surface area (Å²) in [6.07, 6.45) is 1.08. The number of hydrogen-bond acceptors (Lipinski definition) is 4. The van der Waals surface area contributed by atoms with Crippen molar-refractivity contribution in [2.24, 2.45) is 0 Å². The quantitative estimate of drug-likeness (QED) is 0.854. The fraction of sp³-hybridized carbons (Fsp3) is 0.167. The molecule has 0 aliphatic rings. The van der Waals surface area contributed by atoms with Gasteiger partial charge in [0, 0.05) is 11.6 Å². The maximum atomic E-state index is 11.5. The Morgan fingerprint density at radius 1 is 1.00 bits per heavy atom. The summed E-state index contributed by atoms with van der Waals surface area (Å²) in [7, 11) is -7.72. The van der Waals surface area contributed by atoms with E-state index >= 15 is 0 Å². The van der Waals surface area contributed by atoms with Crippen molar-refractivity contribution in [2.45, 2.75) is 16.7 Å². The largest absolute Gasteiger partial charge is 0.295 e. The van der Waals surface area contributed by atoms with E-state index in [4.69, 9.17) is 0 Å². The molecule has 0 radical (unpaired) electrons. The zero-order valence-electron chi connectivity index (χ0n) is 10.3. The van der Waals surface area contributed by atoms with E-state index in [-0.39, 0.29) is 9.79 Å². The molecule has 1 N–H and O–H groups in total. The second kappa shape index (κ2) is 4.29. The highest BCUT2D eigenvalue weighted by molar-refractivity contribution is 7.90. The van der Waals surface area contributed by atoms with E-state index in [0.717, 1.165) is 6.26 Å². The molecular formula is C12H12O5S2. The van der Waals surface area contributed by atoms with E-state index in [1.807, 2.05) is 0 Å². The smallest absolute Gasteiger partial charge is 0.282 e. The highest BCUT2D eigenvalue weighted by atomic mass is 32.2. The Bertz CT molecular complexity index is 864. The van der Waals surface area contributed by atoms with E-state index in [9.17, 15) is 21.4 Å². The third-order valence-electron chi connectivity index (χ3n) is 2.82. The number of sulfone groups is 1. The van der Waals surface area contributed by atoms with Crippen LogP contribution in [0.4, 0.5) is 0 Å². The lowest BCUT2D eigenvalue weighted by molar-refractivity contribution is 0.483. The molecule has 7 heteroatoms. The molecule has 5 nitrogen and oxygen atoms in total. The van der Waals surface area contributed by atoms with Gasteiger partial charge in [-0.2, -0.15) is 8.42 Å². The van der Waals surface area contributed by atoms with Crippen LogP contribution in [0.25, 0.3) is 10.8 Å². The average molecular weight is 300 g/mol. The van der Waals surface area contributed by atoms with Gasteiger partial charge in [-0.1, -0.05) is 18.2 Å². The van der Waals surface area contributed by atoms with Crippen molar-refractivity contribution in [1.82, 2.24) is 0 Å². The second-order valence-electron chi connectivity index (χ2n) is 4.34. The molecule has 0 spiro atoms. The topological polar surface area (TPSA) is 88.5 Å². The van der Waals surface area contributed by atoms with Gasteiger partial charge in [0.25, 0.3) is 10.1 Å². The van der Waals surface area contributed by atoms with Gasteiger partial charge in [-0.25, -0.2) is 8.42 Å². The molecule has 0 atom stereocenters. The first-order valence-electron chi connectivity index (χ1n) is 5.31. The minimum Gasteiger partial charge on any atom is -0.282 e. The summed E-state index contributed by atoms with van der Waals surface area (Å²) >= 11 is 0. The van der Waals surface area contributed by atoms with Crippen LogP contribution in [0, 0.1) is 6.92 Å². The van der Waals surface area contributed by atoms with Crippen LogP contribution in [0.1, 0.15) is 5.56 Å². The molecule has 0 saturated heterocycles. The summed E-state index contributed by atoms with van der Waals surface area (Å²) in [5.41, 5.74) is 0.405. The number of benzene rings is 2. The second-order valence-corrected chi connectivity index (χ2v) is 7.72. The predicted molar refractivity (Wildman–Crippen MR) is 71.6 cm³/mol. The molecular weight excluding hydrogens is 288 g/mol. The Morgan fingerprint density at radius 3 is 2.16 bits per heavy atom. The summed E-state index contributed by atoms with van der Waals surface area (Å²) in [6, 6.07) is 7.25. The van der Waals surface area contributed by atoms with Gasteiger partial charge < -0.3 is 0 Å². The molecule has 2 aromatic carbocycles. The molecule has 2 rings (SSSR count). The molecule has 2 aromatic rings. The van der Waals surface area contributed by atoms with Crippen molar-refractivity contribution in [1.29, 1.82) is 0 Å². The lowest BCUT2D eigenvalue weighted by atomic mass is 10.1. The number of hydrogen-bond donors (Lipinski definition) is 1. The summed E-state index contributed by atoms with van der Waals surface area (Å²) < 4.78 is 54.9. The number of fused-ring (bicyclic) bond motifs is 1. The van der Waals surface area contributed by atoms with Crippen molar-refractivity contribution in [3.63, 3.8) is 0 Å². The number of aryl methyl sites for hydroxylation is 1. The van der Waals surface area contributed by atoms with Crippen LogP contribution in [-0.2, 0) is 20.0 Å². The van der Waals surface area contributed by atoms with Crippen LogP contribution in [0.15, 0.2) is 40.1 Å². The standard InChI is InChI=1S/C12H12O5S2/c1-8-3-4-9-7-10(18(2,13)14)5-6-11(9)12(8)19(15,16)17/h3-7H,1-2H3,(H,15,16,17). The van der Waals surface area contributed by atoms with Gasteiger partial charge >= 0.3 is 0 Å². The molecule has 0 aliphatic carbocycles. The SMILES string of the molecule is Cc1ccc2cc(S(C)(=O)=O)ccc2c1S(=O)(=O)O. The first kappa shape index (κ1) is 14.0. The van der Waals surface area contributed by atoms with Crippen LogP contribution in [-0.4, -0.2) is 27.6 Å². The van der Waals surface area contributed by atoms with E-state index in [0.29, 0.717) is 16.3 Å². The molecule has 0 fully saturated rings. The van der Waals surface area contributed by atoms with Gasteiger partial charge in [-0.3, -0.25) is 4.55 Å². The highest BCUT2D eigenvalue weighted by Crippen LogP contribution is 2.28. The van der Waals surface area contributed by atoms with Crippen molar-refractivity contribution in [3.8, 4) is 0 Å². The van der Waals surface area contributed by atoms with Crippen LogP contribution >= 0.6 is 0 Å². The molecule has 0 aromatic heterocycles. The molecule has 0 aliphatic heterocycles. The molecule has 0 heterocycles. The van der Waals surface area contributed by atoms with Gasteiger partial charge in [0.15, 0.2) is 9.84 Å². The predicted octanol–water partition coefficient (Wildman–Crippen LogP) is 1.80. The molecule has 0 unspecified atom stereocenters. The van der Waals surface area contributed by atoms with Crippen LogP contribution < -0.4 is 0 Å². The monoisotopic (exact) mass is 300 g/mol. The third kappa shape index (κ3) is 2.63. The number of rotatable bonds is 2. The van der Waals surface area contributed by atoms with Gasteiger partial charge in [0.2, 0.25) is 0 Å². The molecule has 0 bridgehead atoms. The van der Waals surface area contributed by atoms with Gasteiger partial charge in [-0.05, 0) is 30.0 Å². The Balaban J connectivity index is 2.91. The minimum atomic E-state index is -4.36. The van der Waals surface area contributed by atoms with Crippen molar-refractivity contribution < 1.29 is 21.4 Å². The summed E-state index contributed by atoms with van der Waals surface area (Å²) in [6.45, 7) is 1.56. The third-order valence-corrected chi connectivity index (χ3v) is 4.99. The Kier molecular flexibility index (Phi) is 3.16. The molecule has 0 saturated carbocycles. The van der Waals surface area contributed by atoms with Gasteiger partial charge in [-0.15, -0.1) is 0 Å². The van der Waals surface area contributed by atoms with Gasteiger partial charge in [0.05, 0.1) is 4.90 Å². The summed E-state index contributed by atoms with van der Waals surface area (Å²) in [4.78, 5) is -0.0878. The van der Waals surface area contributed by atoms with Crippen molar-refractivity contribution in [3.05, 3.63) is 35.9 Å². The van der Waals surface area contributed by atoms with E-state index in [1.165, 1.54) is 24.3 Å². The summed E-state index contributed by atoms with van der Waals surface area (Å²) in [5.74, 6) is 0. The lowest BCUT2D eigenvalue weighted by Crippen LogP contribution is -2.03. The zero-order chi connectivity index (χ0) is 14.4. The zero-order valence-corrected chi connectivity index (χ0v) is 11.9. The highest BCUT2D eigenvalue weighted by Gasteiger charge is 2.18. The average Bonchev–Trinajstić information content (AvgIpc) is 2.25. The van der Waals surface area contributed by atoms with E-state index < -0.39 is 20.0 Å². The molecule has 102 valence electrons. The maximum absolute atomic E-state index is 11.5. The fourth-order valence-corrected chi connectivity index (χ4v) is 3.56.